The van der Waals surface area contributed by atoms with Crippen LogP contribution < -0.4 is 5.32 Å². The monoisotopic (exact) mass is 308 g/mol. The minimum absolute atomic E-state index is 0.133. The molecule has 6 heteroatoms. The molecule has 0 fully saturated rings. The van der Waals surface area contributed by atoms with E-state index in [2.05, 4.69) is 10.3 Å². The molecular weight excluding hydrogens is 288 g/mol. The number of carbonyl (C=O) groups is 1. The molecule has 114 valence electrons. The molecule has 0 unspecified atom stereocenters. The molecule has 0 aliphatic rings. The smallest absolute Gasteiger partial charge is 0.226 e. The highest BCUT2D eigenvalue weighted by Gasteiger charge is 2.22. The maximum absolute atomic E-state index is 11.9. The first-order chi connectivity index (χ1) is 10.1. The Labute approximate surface area is 128 Å². The molecule has 0 spiro atoms. The van der Waals surface area contributed by atoms with Crippen LogP contribution in [0.5, 0.6) is 0 Å². The van der Waals surface area contributed by atoms with Crippen LogP contribution in [0, 0.1) is 0 Å². The number of hydrogen-bond donors (Lipinski definition) is 2. The lowest BCUT2D eigenvalue weighted by atomic mass is 9.97. The van der Waals surface area contributed by atoms with Gasteiger partial charge < -0.3 is 14.8 Å². The number of furan rings is 1. The van der Waals surface area contributed by atoms with Crippen LogP contribution in [0.25, 0.3) is 10.8 Å². The van der Waals surface area contributed by atoms with Gasteiger partial charge in [-0.1, -0.05) is 13.8 Å². The van der Waals surface area contributed by atoms with Crippen molar-refractivity contribution in [1.82, 2.24) is 10.3 Å². The second kappa shape index (κ2) is 6.87. The molecule has 0 atom stereocenters. The second-order valence-electron chi connectivity index (χ2n) is 5.01. The van der Waals surface area contributed by atoms with Crippen LogP contribution in [-0.4, -0.2) is 28.1 Å². The van der Waals surface area contributed by atoms with Gasteiger partial charge in [-0.3, -0.25) is 4.79 Å². The van der Waals surface area contributed by atoms with E-state index < -0.39 is 5.60 Å². The van der Waals surface area contributed by atoms with Crippen LogP contribution in [0.1, 0.15) is 32.4 Å². The number of nitrogens with zero attached hydrogens (tertiary/aromatic N) is 1. The van der Waals surface area contributed by atoms with Crippen LogP contribution in [0.4, 0.5) is 0 Å². The molecule has 21 heavy (non-hydrogen) atoms. The van der Waals surface area contributed by atoms with Crippen LogP contribution in [0.3, 0.4) is 0 Å². The summed E-state index contributed by atoms with van der Waals surface area (Å²) in [5.74, 6) is 0.574. The van der Waals surface area contributed by atoms with E-state index in [9.17, 15) is 9.90 Å². The Morgan fingerprint density at radius 2 is 2.24 bits per heavy atom. The number of nitrogens with one attached hydrogen (secondary N) is 1. The van der Waals surface area contributed by atoms with Crippen LogP contribution in [0.15, 0.2) is 28.2 Å². The zero-order chi connectivity index (χ0) is 15.3. The summed E-state index contributed by atoms with van der Waals surface area (Å²) in [6.45, 7) is 4.09. The van der Waals surface area contributed by atoms with Gasteiger partial charge in [-0.05, 0) is 25.0 Å². The number of hydrogen-bond acceptors (Lipinski definition) is 5. The number of carbonyl (C=O) groups excluding carboxylic acids is 1. The molecular formula is C15H20N2O3S. The Kier molecular flexibility index (Phi) is 5.14. The predicted molar refractivity (Wildman–Crippen MR) is 82.1 cm³/mol. The van der Waals surface area contributed by atoms with Crippen LogP contribution in [0.2, 0.25) is 0 Å². The van der Waals surface area contributed by atoms with Gasteiger partial charge in [0.1, 0.15) is 0 Å². The Balaban J connectivity index is 1.89. The molecule has 2 aromatic heterocycles. The number of rotatable bonds is 7. The van der Waals surface area contributed by atoms with E-state index in [4.69, 9.17) is 4.42 Å². The Morgan fingerprint density at radius 3 is 2.86 bits per heavy atom. The third kappa shape index (κ3) is 4.15. The molecule has 0 radical (unpaired) electrons. The van der Waals surface area contributed by atoms with E-state index in [0.717, 1.165) is 5.01 Å². The molecule has 0 aromatic carbocycles. The van der Waals surface area contributed by atoms with Gasteiger partial charge in [-0.25, -0.2) is 4.98 Å². The first-order valence-corrected chi connectivity index (χ1v) is 7.91. The zero-order valence-electron chi connectivity index (χ0n) is 12.3. The minimum atomic E-state index is -0.822. The summed E-state index contributed by atoms with van der Waals surface area (Å²) in [5.41, 5.74) is -0.114. The van der Waals surface area contributed by atoms with Crippen molar-refractivity contribution < 1.29 is 14.3 Å². The SMILES string of the molecule is CCC(O)(CC)CNC(=O)Cc1csc(-c2ccco2)n1. The minimum Gasteiger partial charge on any atom is -0.462 e. The predicted octanol–water partition coefficient (Wildman–Crippen LogP) is 2.61. The first kappa shape index (κ1) is 15.7. The molecule has 0 aliphatic heterocycles. The maximum Gasteiger partial charge on any atom is 0.226 e. The largest absolute Gasteiger partial charge is 0.462 e. The summed E-state index contributed by atoms with van der Waals surface area (Å²) in [7, 11) is 0. The lowest BCUT2D eigenvalue weighted by Gasteiger charge is -2.25. The second-order valence-corrected chi connectivity index (χ2v) is 5.86. The molecule has 2 aromatic rings. The highest BCUT2D eigenvalue weighted by atomic mass is 32.1. The third-order valence-corrected chi connectivity index (χ3v) is 4.46. The highest BCUT2D eigenvalue weighted by molar-refractivity contribution is 7.13. The average Bonchev–Trinajstić information content (AvgIpc) is 3.15. The van der Waals surface area contributed by atoms with E-state index in [1.807, 2.05) is 25.3 Å². The zero-order valence-corrected chi connectivity index (χ0v) is 13.1. The van der Waals surface area contributed by atoms with Gasteiger partial charge in [0.05, 0.1) is 24.0 Å². The summed E-state index contributed by atoms with van der Waals surface area (Å²) in [6.07, 6.45) is 3.03. The molecule has 0 aliphatic carbocycles. The maximum atomic E-state index is 11.9. The van der Waals surface area contributed by atoms with Gasteiger partial charge in [0.25, 0.3) is 0 Å². The average molecular weight is 308 g/mol. The Bertz CT molecular complexity index is 574. The van der Waals surface area contributed by atoms with Gasteiger partial charge in [0, 0.05) is 11.9 Å². The fourth-order valence-corrected chi connectivity index (χ4v) is 2.68. The summed E-state index contributed by atoms with van der Waals surface area (Å²) < 4.78 is 5.27. The lowest BCUT2D eigenvalue weighted by Crippen LogP contribution is -2.42. The molecule has 2 rings (SSSR count). The van der Waals surface area contributed by atoms with Crippen molar-refractivity contribution in [1.29, 1.82) is 0 Å². The van der Waals surface area contributed by atoms with E-state index in [1.165, 1.54) is 11.3 Å². The first-order valence-electron chi connectivity index (χ1n) is 7.03. The Morgan fingerprint density at radius 1 is 1.48 bits per heavy atom. The summed E-state index contributed by atoms with van der Waals surface area (Å²) >= 11 is 1.45. The highest BCUT2D eigenvalue weighted by Crippen LogP contribution is 2.24. The van der Waals surface area contributed by atoms with Gasteiger partial charge in [-0.15, -0.1) is 11.3 Å². The van der Waals surface area contributed by atoms with E-state index in [0.29, 0.717) is 24.3 Å². The van der Waals surface area contributed by atoms with E-state index >= 15 is 0 Å². The van der Waals surface area contributed by atoms with E-state index in [1.54, 1.807) is 12.3 Å². The lowest BCUT2D eigenvalue weighted by molar-refractivity contribution is -0.121. The topological polar surface area (TPSA) is 75.4 Å². The van der Waals surface area contributed by atoms with Crippen molar-refractivity contribution >= 4 is 17.2 Å². The third-order valence-electron chi connectivity index (χ3n) is 3.56. The van der Waals surface area contributed by atoms with Crippen molar-refractivity contribution in [3.63, 3.8) is 0 Å². The molecule has 1 amide bonds. The number of amides is 1. The molecule has 2 heterocycles. The fourth-order valence-electron chi connectivity index (χ4n) is 1.89. The van der Waals surface area contributed by atoms with Crippen LogP contribution in [-0.2, 0) is 11.2 Å². The normalized spacial score (nSPS) is 11.6. The quantitative estimate of drug-likeness (QED) is 0.824. The number of aliphatic hydroxyl groups is 1. The Hall–Kier alpha value is -1.66. The van der Waals surface area contributed by atoms with Crippen molar-refractivity contribution in [2.45, 2.75) is 38.7 Å². The molecule has 2 N–H and O–H groups in total. The number of aromatic nitrogens is 1. The number of thiazole rings is 1. The molecule has 0 saturated heterocycles. The van der Waals surface area contributed by atoms with Crippen molar-refractivity contribution in [3.05, 3.63) is 29.5 Å². The van der Waals surface area contributed by atoms with Crippen LogP contribution >= 0.6 is 11.3 Å². The summed E-state index contributed by atoms with van der Waals surface area (Å²) in [4.78, 5) is 16.3. The molecule has 5 nitrogen and oxygen atoms in total. The molecule has 0 bridgehead atoms. The van der Waals surface area contributed by atoms with Crippen molar-refractivity contribution in [3.8, 4) is 10.8 Å². The van der Waals surface area contributed by atoms with Gasteiger partial charge in [-0.2, -0.15) is 0 Å². The van der Waals surface area contributed by atoms with Gasteiger partial charge in [0.2, 0.25) is 5.91 Å². The van der Waals surface area contributed by atoms with Gasteiger partial charge in [0.15, 0.2) is 10.8 Å². The summed E-state index contributed by atoms with van der Waals surface area (Å²) in [5, 5.41) is 15.5. The fraction of sp³-hybridized carbons (Fsp3) is 0.467. The standard InChI is InChI=1S/C15H20N2O3S/c1-3-15(19,4-2)10-16-13(18)8-11-9-21-14(17-11)12-6-5-7-20-12/h5-7,9,19H,3-4,8,10H2,1-2H3,(H,16,18). The van der Waals surface area contributed by atoms with Gasteiger partial charge >= 0.3 is 0 Å². The van der Waals surface area contributed by atoms with Crippen molar-refractivity contribution in [2.24, 2.45) is 0 Å². The van der Waals surface area contributed by atoms with E-state index in [-0.39, 0.29) is 18.9 Å². The molecule has 0 saturated carbocycles. The summed E-state index contributed by atoms with van der Waals surface area (Å²) in [6, 6.07) is 3.64. The van der Waals surface area contributed by atoms with Crippen molar-refractivity contribution in [2.75, 3.05) is 6.54 Å².